The van der Waals surface area contributed by atoms with E-state index in [0.29, 0.717) is 5.78 Å². The minimum Gasteiger partial charge on any atom is -0.294 e. The number of carbonyl (C=O) groups excluding carboxylic acids is 1. The van der Waals surface area contributed by atoms with E-state index < -0.39 is 0 Å². The molecule has 1 fully saturated rings. The number of rotatable bonds is 2. The number of ketones is 1. The van der Waals surface area contributed by atoms with E-state index in [1.807, 2.05) is 13.0 Å². The molecule has 1 aromatic heterocycles. The van der Waals surface area contributed by atoms with Gasteiger partial charge in [-0.2, -0.15) is 0 Å². The van der Waals surface area contributed by atoms with Gasteiger partial charge in [0.2, 0.25) is 0 Å². The summed E-state index contributed by atoms with van der Waals surface area (Å²) in [6, 6.07) is 2.03. The second kappa shape index (κ2) is 2.68. The third-order valence-electron chi connectivity index (χ3n) is 2.83. The van der Waals surface area contributed by atoms with Crippen LogP contribution in [0.4, 0.5) is 0 Å². The predicted molar refractivity (Wildman–Crippen MR) is 55.5 cm³/mol. The molecule has 0 radical (unpaired) electrons. The zero-order chi connectivity index (χ0) is 9.64. The summed E-state index contributed by atoms with van der Waals surface area (Å²) in [6.07, 6.45) is 2.14. The third kappa shape index (κ3) is 1.44. The highest BCUT2D eigenvalue weighted by atomic mass is 32.1. The molecule has 0 N–H and O–H groups in total. The number of thiophene rings is 1. The standard InChI is InChI=1S/C11H14OS/c1-7-6-9(8(2)13-7)10(12)11(3)4-5-11/h6H,4-5H2,1-3H3. The predicted octanol–water partition coefficient (Wildman–Crippen LogP) is 3.35. The molecular formula is C11H14OS. The van der Waals surface area contributed by atoms with E-state index in [4.69, 9.17) is 0 Å². The molecule has 0 atom stereocenters. The first kappa shape index (κ1) is 8.95. The van der Waals surface area contributed by atoms with Crippen LogP contribution in [0, 0.1) is 19.3 Å². The Morgan fingerprint density at radius 1 is 1.46 bits per heavy atom. The van der Waals surface area contributed by atoms with Gasteiger partial charge < -0.3 is 0 Å². The summed E-state index contributed by atoms with van der Waals surface area (Å²) in [5.74, 6) is 0.356. The number of hydrogen-bond donors (Lipinski definition) is 0. The molecule has 0 aromatic carbocycles. The Morgan fingerprint density at radius 3 is 2.46 bits per heavy atom. The molecular weight excluding hydrogens is 180 g/mol. The average Bonchev–Trinajstić information content (AvgIpc) is 2.71. The van der Waals surface area contributed by atoms with E-state index in [-0.39, 0.29) is 5.41 Å². The van der Waals surface area contributed by atoms with Crippen LogP contribution in [0.15, 0.2) is 6.07 Å². The molecule has 1 nitrogen and oxygen atoms in total. The summed E-state index contributed by atoms with van der Waals surface area (Å²) >= 11 is 1.72. The summed E-state index contributed by atoms with van der Waals surface area (Å²) in [7, 11) is 0. The van der Waals surface area contributed by atoms with Crippen molar-refractivity contribution in [1.29, 1.82) is 0 Å². The van der Waals surface area contributed by atoms with Crippen LogP contribution >= 0.6 is 11.3 Å². The van der Waals surface area contributed by atoms with Gasteiger partial charge in [0.1, 0.15) is 0 Å². The Balaban J connectivity index is 2.35. The van der Waals surface area contributed by atoms with Crippen LogP contribution in [-0.4, -0.2) is 5.78 Å². The van der Waals surface area contributed by atoms with Gasteiger partial charge >= 0.3 is 0 Å². The lowest BCUT2D eigenvalue weighted by molar-refractivity contribution is 0.0912. The topological polar surface area (TPSA) is 17.1 Å². The largest absolute Gasteiger partial charge is 0.294 e. The van der Waals surface area contributed by atoms with E-state index in [1.165, 1.54) is 9.75 Å². The minimum atomic E-state index is -0.0156. The third-order valence-corrected chi connectivity index (χ3v) is 3.80. The Hall–Kier alpha value is -0.630. The lowest BCUT2D eigenvalue weighted by atomic mass is 9.97. The molecule has 0 saturated heterocycles. The molecule has 70 valence electrons. The van der Waals surface area contributed by atoms with Gasteiger partial charge in [0.25, 0.3) is 0 Å². The minimum absolute atomic E-state index is 0.0156. The van der Waals surface area contributed by atoms with Gasteiger partial charge in [0, 0.05) is 20.7 Å². The molecule has 1 heterocycles. The Kier molecular flexibility index (Phi) is 1.84. The summed E-state index contributed by atoms with van der Waals surface area (Å²) < 4.78 is 0. The lowest BCUT2D eigenvalue weighted by Gasteiger charge is -2.05. The smallest absolute Gasteiger partial charge is 0.169 e. The van der Waals surface area contributed by atoms with Gasteiger partial charge in [-0.1, -0.05) is 6.92 Å². The molecule has 0 bridgehead atoms. The molecule has 2 heteroatoms. The van der Waals surface area contributed by atoms with Crippen LogP contribution in [0.5, 0.6) is 0 Å². The molecule has 0 unspecified atom stereocenters. The van der Waals surface area contributed by atoms with Crippen molar-refractivity contribution in [3.63, 3.8) is 0 Å². The van der Waals surface area contributed by atoms with Crippen LogP contribution in [0.25, 0.3) is 0 Å². The fraction of sp³-hybridized carbons (Fsp3) is 0.545. The van der Waals surface area contributed by atoms with Crippen LogP contribution in [0.3, 0.4) is 0 Å². The maximum absolute atomic E-state index is 12.0. The van der Waals surface area contributed by atoms with Crippen molar-refractivity contribution in [2.45, 2.75) is 33.6 Å². The van der Waals surface area contributed by atoms with Gasteiger partial charge in [-0.25, -0.2) is 0 Å². The summed E-state index contributed by atoms with van der Waals surface area (Å²) in [4.78, 5) is 14.4. The Morgan fingerprint density at radius 2 is 2.08 bits per heavy atom. The van der Waals surface area contributed by atoms with Crippen LogP contribution in [0.2, 0.25) is 0 Å². The Bertz CT molecular complexity index is 358. The maximum atomic E-state index is 12.0. The van der Waals surface area contributed by atoms with E-state index >= 15 is 0 Å². The summed E-state index contributed by atoms with van der Waals surface area (Å²) in [5.41, 5.74) is 0.945. The fourth-order valence-electron chi connectivity index (χ4n) is 1.60. The first-order valence-electron chi connectivity index (χ1n) is 4.65. The van der Waals surface area contributed by atoms with E-state index in [2.05, 4.69) is 13.8 Å². The number of Topliss-reactive ketones (excluding diaryl/α,β-unsaturated/α-hetero) is 1. The monoisotopic (exact) mass is 194 g/mol. The van der Waals surface area contributed by atoms with Crippen molar-refractivity contribution in [1.82, 2.24) is 0 Å². The molecule has 2 rings (SSSR count). The molecule has 1 aliphatic rings. The summed E-state index contributed by atoms with van der Waals surface area (Å²) in [5, 5.41) is 0. The van der Waals surface area contributed by atoms with Crippen LogP contribution in [0.1, 0.15) is 39.9 Å². The molecule has 1 aromatic rings. The highest BCUT2D eigenvalue weighted by molar-refractivity contribution is 7.12. The maximum Gasteiger partial charge on any atom is 0.169 e. The van der Waals surface area contributed by atoms with Gasteiger partial charge in [0.05, 0.1) is 0 Å². The van der Waals surface area contributed by atoms with Crippen molar-refractivity contribution in [3.8, 4) is 0 Å². The summed E-state index contributed by atoms with van der Waals surface area (Å²) in [6.45, 7) is 6.17. The first-order valence-corrected chi connectivity index (χ1v) is 5.46. The zero-order valence-corrected chi connectivity index (χ0v) is 9.12. The molecule has 0 spiro atoms. The number of aryl methyl sites for hydroxylation is 2. The van der Waals surface area contributed by atoms with Crippen LogP contribution < -0.4 is 0 Å². The van der Waals surface area contributed by atoms with E-state index in [1.54, 1.807) is 11.3 Å². The molecule has 13 heavy (non-hydrogen) atoms. The molecule has 0 amide bonds. The highest BCUT2D eigenvalue weighted by Crippen LogP contribution is 2.48. The Labute approximate surface area is 82.8 Å². The van der Waals surface area contributed by atoms with Gasteiger partial charge in [-0.15, -0.1) is 11.3 Å². The number of carbonyl (C=O) groups is 1. The first-order chi connectivity index (χ1) is 6.03. The molecule has 1 saturated carbocycles. The van der Waals surface area contributed by atoms with Gasteiger partial charge in [0.15, 0.2) is 5.78 Å². The second-order valence-corrected chi connectivity index (χ2v) is 5.68. The fourth-order valence-corrected chi connectivity index (χ4v) is 2.52. The zero-order valence-electron chi connectivity index (χ0n) is 8.31. The number of hydrogen-bond acceptors (Lipinski definition) is 2. The van der Waals surface area contributed by atoms with Crippen molar-refractivity contribution >= 4 is 17.1 Å². The lowest BCUT2D eigenvalue weighted by Crippen LogP contribution is -2.11. The van der Waals surface area contributed by atoms with Gasteiger partial charge in [-0.3, -0.25) is 4.79 Å². The van der Waals surface area contributed by atoms with Crippen molar-refractivity contribution < 1.29 is 4.79 Å². The van der Waals surface area contributed by atoms with Crippen molar-refractivity contribution in [2.75, 3.05) is 0 Å². The highest BCUT2D eigenvalue weighted by Gasteiger charge is 2.45. The average molecular weight is 194 g/mol. The van der Waals surface area contributed by atoms with Crippen LogP contribution in [-0.2, 0) is 0 Å². The SMILES string of the molecule is Cc1cc(C(=O)C2(C)CC2)c(C)s1. The van der Waals surface area contributed by atoms with Gasteiger partial charge in [-0.05, 0) is 32.8 Å². The van der Waals surface area contributed by atoms with E-state index in [9.17, 15) is 4.79 Å². The second-order valence-electron chi connectivity index (χ2n) is 4.22. The molecule has 0 aliphatic heterocycles. The van der Waals surface area contributed by atoms with Crippen molar-refractivity contribution in [2.24, 2.45) is 5.41 Å². The quantitative estimate of drug-likeness (QED) is 0.660. The van der Waals surface area contributed by atoms with E-state index in [0.717, 1.165) is 18.4 Å². The normalized spacial score (nSPS) is 18.7. The van der Waals surface area contributed by atoms with Crippen molar-refractivity contribution in [3.05, 3.63) is 21.4 Å². The molecule has 1 aliphatic carbocycles.